The molecular weight excluding hydrogens is 350 g/mol. The van der Waals surface area contributed by atoms with Crippen LogP contribution in [-0.2, 0) is 4.79 Å². The number of piperazine rings is 1. The molecule has 0 saturated carbocycles. The van der Waals surface area contributed by atoms with Crippen LogP contribution < -0.4 is 4.90 Å². The summed E-state index contributed by atoms with van der Waals surface area (Å²) in [5, 5.41) is 3.65. The summed E-state index contributed by atoms with van der Waals surface area (Å²) >= 11 is 9.12. The summed E-state index contributed by atoms with van der Waals surface area (Å²) in [6, 6.07) is 7.62. The second-order valence-corrected chi connectivity index (χ2v) is 8.06. The van der Waals surface area contributed by atoms with E-state index in [0.29, 0.717) is 5.02 Å². The zero-order valence-electron chi connectivity index (χ0n) is 12.8. The Morgan fingerprint density at radius 1 is 1.26 bits per heavy atom. The second-order valence-electron chi connectivity index (χ2n) is 5.34. The minimum Gasteiger partial charge on any atom is -0.345 e. The molecular formula is C16H18ClN3OS2. The first kappa shape index (κ1) is 16.6. The van der Waals surface area contributed by atoms with Crippen molar-refractivity contribution in [3.8, 4) is 0 Å². The van der Waals surface area contributed by atoms with Gasteiger partial charge in [-0.15, -0.1) is 23.1 Å². The summed E-state index contributed by atoms with van der Waals surface area (Å²) in [5.41, 5.74) is 0. The number of aromatic nitrogens is 1. The van der Waals surface area contributed by atoms with Gasteiger partial charge < -0.3 is 9.80 Å². The Morgan fingerprint density at radius 2 is 1.96 bits per heavy atom. The molecule has 7 heteroatoms. The fraction of sp³-hybridized carbons (Fsp3) is 0.375. The molecule has 0 spiro atoms. The van der Waals surface area contributed by atoms with Gasteiger partial charge in [-0.1, -0.05) is 11.6 Å². The molecule has 3 rings (SSSR count). The Hall–Kier alpha value is -1.24. The molecule has 0 N–H and O–H groups in total. The topological polar surface area (TPSA) is 36.4 Å². The Kier molecular flexibility index (Phi) is 5.46. The zero-order valence-corrected chi connectivity index (χ0v) is 15.2. The number of thioether (sulfide) groups is 1. The lowest BCUT2D eigenvalue weighted by molar-refractivity contribution is -0.130. The Morgan fingerprint density at radius 3 is 2.57 bits per heavy atom. The van der Waals surface area contributed by atoms with Crippen LogP contribution in [0.3, 0.4) is 0 Å². The van der Waals surface area contributed by atoms with E-state index in [1.807, 2.05) is 47.7 Å². The average molecular weight is 368 g/mol. The van der Waals surface area contributed by atoms with Crippen LogP contribution >= 0.6 is 34.7 Å². The van der Waals surface area contributed by atoms with Crippen LogP contribution in [0.1, 0.15) is 6.92 Å². The molecule has 0 radical (unpaired) electrons. The van der Waals surface area contributed by atoms with Crippen LogP contribution in [-0.4, -0.2) is 47.2 Å². The van der Waals surface area contributed by atoms with Gasteiger partial charge >= 0.3 is 0 Å². The first-order chi connectivity index (χ1) is 11.1. The summed E-state index contributed by atoms with van der Waals surface area (Å²) < 4.78 is 0. The molecule has 1 atom stereocenters. The number of rotatable bonds is 4. The zero-order chi connectivity index (χ0) is 16.2. The van der Waals surface area contributed by atoms with Gasteiger partial charge in [0.2, 0.25) is 5.91 Å². The molecule has 2 aromatic rings. The highest BCUT2D eigenvalue weighted by molar-refractivity contribution is 8.00. The van der Waals surface area contributed by atoms with Crippen molar-refractivity contribution in [2.24, 2.45) is 0 Å². The fourth-order valence-corrected chi connectivity index (χ4v) is 4.29. The molecule has 1 aromatic heterocycles. The van der Waals surface area contributed by atoms with E-state index in [9.17, 15) is 4.79 Å². The summed E-state index contributed by atoms with van der Waals surface area (Å²) in [6.45, 7) is 5.16. The smallest absolute Gasteiger partial charge is 0.235 e. The maximum atomic E-state index is 12.6. The predicted molar refractivity (Wildman–Crippen MR) is 97.7 cm³/mol. The number of carbonyl (C=O) groups is 1. The lowest BCUT2D eigenvalue weighted by Gasteiger charge is -2.35. The molecule has 1 aliphatic rings. The molecule has 122 valence electrons. The number of amides is 1. The standard InChI is InChI=1S/C16H18ClN3OS2/c1-12(23-14-4-2-13(17)3-5-14)15(21)19-7-9-20(10-8-19)16-18-6-11-22-16/h2-6,11-12H,7-10H2,1H3. The monoisotopic (exact) mass is 367 g/mol. The summed E-state index contributed by atoms with van der Waals surface area (Å²) in [5.74, 6) is 0.198. The average Bonchev–Trinajstić information content (AvgIpc) is 3.11. The number of halogens is 1. The first-order valence-corrected chi connectivity index (χ1v) is 9.62. The lowest BCUT2D eigenvalue weighted by atomic mass is 10.3. The third-order valence-corrected chi connectivity index (χ3v) is 5.94. The number of hydrogen-bond acceptors (Lipinski definition) is 5. The van der Waals surface area contributed by atoms with E-state index in [0.717, 1.165) is 36.2 Å². The molecule has 2 heterocycles. The highest BCUT2D eigenvalue weighted by atomic mass is 35.5. The Labute approximate surface area is 149 Å². The maximum Gasteiger partial charge on any atom is 0.235 e. The molecule has 0 bridgehead atoms. The number of anilines is 1. The highest BCUT2D eigenvalue weighted by Gasteiger charge is 2.26. The summed E-state index contributed by atoms with van der Waals surface area (Å²) in [7, 11) is 0. The molecule has 1 aromatic carbocycles. The molecule has 1 amide bonds. The van der Waals surface area contributed by atoms with E-state index < -0.39 is 0 Å². The highest BCUT2D eigenvalue weighted by Crippen LogP contribution is 2.26. The van der Waals surface area contributed by atoms with Crippen molar-refractivity contribution in [2.45, 2.75) is 17.1 Å². The summed E-state index contributed by atoms with van der Waals surface area (Å²) in [4.78, 5) is 22.2. The predicted octanol–water partition coefficient (Wildman–Crippen LogP) is 3.63. The number of hydrogen-bond donors (Lipinski definition) is 0. The van der Waals surface area contributed by atoms with Gasteiger partial charge in [0.25, 0.3) is 0 Å². The number of benzene rings is 1. The molecule has 4 nitrogen and oxygen atoms in total. The van der Waals surface area contributed by atoms with Gasteiger partial charge in [-0.05, 0) is 31.2 Å². The third-order valence-electron chi connectivity index (χ3n) is 3.76. The minimum atomic E-state index is -0.0948. The van der Waals surface area contributed by atoms with Gasteiger partial charge in [0.1, 0.15) is 0 Å². The van der Waals surface area contributed by atoms with Crippen molar-refractivity contribution in [3.63, 3.8) is 0 Å². The number of nitrogens with zero attached hydrogens (tertiary/aromatic N) is 3. The molecule has 1 fully saturated rings. The van der Waals surface area contributed by atoms with E-state index in [-0.39, 0.29) is 11.2 Å². The molecule has 1 saturated heterocycles. The molecule has 23 heavy (non-hydrogen) atoms. The van der Waals surface area contributed by atoms with Crippen LogP contribution in [0.4, 0.5) is 5.13 Å². The van der Waals surface area contributed by atoms with Crippen molar-refractivity contribution in [2.75, 3.05) is 31.1 Å². The van der Waals surface area contributed by atoms with Gasteiger partial charge in [-0.2, -0.15) is 0 Å². The van der Waals surface area contributed by atoms with Gasteiger partial charge in [0, 0.05) is 47.7 Å². The van der Waals surface area contributed by atoms with Gasteiger partial charge in [0.05, 0.1) is 5.25 Å². The molecule has 1 unspecified atom stereocenters. The largest absolute Gasteiger partial charge is 0.345 e. The number of thiazole rings is 1. The number of carbonyl (C=O) groups excluding carboxylic acids is 1. The van der Waals surface area contributed by atoms with Gasteiger partial charge in [-0.25, -0.2) is 4.98 Å². The van der Waals surface area contributed by atoms with E-state index in [2.05, 4.69) is 9.88 Å². The van der Waals surface area contributed by atoms with E-state index in [1.165, 1.54) is 0 Å². The van der Waals surface area contributed by atoms with Crippen molar-refractivity contribution < 1.29 is 4.79 Å². The maximum absolute atomic E-state index is 12.6. The van der Waals surface area contributed by atoms with Crippen LogP contribution in [0.15, 0.2) is 40.7 Å². The lowest BCUT2D eigenvalue weighted by Crippen LogP contribution is -2.50. The SMILES string of the molecule is CC(Sc1ccc(Cl)cc1)C(=O)N1CCN(c2nccs2)CC1. The third kappa shape index (κ3) is 4.19. The Balaban J connectivity index is 1.53. The van der Waals surface area contributed by atoms with Crippen LogP contribution in [0.2, 0.25) is 5.02 Å². The fourth-order valence-electron chi connectivity index (χ4n) is 2.52. The second kappa shape index (κ2) is 7.55. The first-order valence-electron chi connectivity index (χ1n) is 7.49. The van der Waals surface area contributed by atoms with E-state index in [4.69, 9.17) is 11.6 Å². The van der Waals surface area contributed by atoms with Crippen LogP contribution in [0, 0.1) is 0 Å². The minimum absolute atomic E-state index is 0.0948. The van der Waals surface area contributed by atoms with Crippen molar-refractivity contribution in [3.05, 3.63) is 40.9 Å². The summed E-state index contributed by atoms with van der Waals surface area (Å²) in [6.07, 6.45) is 1.82. The van der Waals surface area contributed by atoms with Crippen molar-refractivity contribution >= 4 is 45.7 Å². The molecule has 0 aliphatic carbocycles. The van der Waals surface area contributed by atoms with E-state index in [1.54, 1.807) is 23.1 Å². The van der Waals surface area contributed by atoms with Crippen LogP contribution in [0.25, 0.3) is 0 Å². The Bertz CT molecular complexity index is 640. The van der Waals surface area contributed by atoms with Gasteiger partial charge in [0.15, 0.2) is 5.13 Å². The van der Waals surface area contributed by atoms with Crippen molar-refractivity contribution in [1.82, 2.24) is 9.88 Å². The van der Waals surface area contributed by atoms with E-state index >= 15 is 0 Å². The van der Waals surface area contributed by atoms with Crippen molar-refractivity contribution in [1.29, 1.82) is 0 Å². The van der Waals surface area contributed by atoms with Crippen LogP contribution in [0.5, 0.6) is 0 Å². The van der Waals surface area contributed by atoms with Gasteiger partial charge in [-0.3, -0.25) is 4.79 Å². The molecule has 1 aliphatic heterocycles. The quantitative estimate of drug-likeness (QED) is 0.773. The normalized spacial score (nSPS) is 16.4.